The third-order valence-corrected chi connectivity index (χ3v) is 4.86. The molecule has 1 aliphatic heterocycles. The molecule has 134 valence electrons. The second-order valence-electron chi connectivity index (χ2n) is 6.83. The van der Waals surface area contributed by atoms with Crippen LogP contribution in [0.15, 0.2) is 59.3 Å². The highest BCUT2D eigenvalue weighted by molar-refractivity contribution is 5.21. The Hall–Kier alpha value is -2.53. The lowest BCUT2D eigenvalue weighted by molar-refractivity contribution is 0.183. The van der Waals surface area contributed by atoms with Crippen molar-refractivity contribution in [1.82, 2.24) is 14.9 Å². The van der Waals surface area contributed by atoms with Crippen molar-refractivity contribution in [2.75, 3.05) is 13.1 Å². The molecule has 0 radical (unpaired) electrons. The maximum atomic E-state index is 13.8. The van der Waals surface area contributed by atoms with Gasteiger partial charge in [-0.3, -0.25) is 9.88 Å². The van der Waals surface area contributed by atoms with Gasteiger partial charge in [0.05, 0.1) is 11.9 Å². The lowest BCUT2D eigenvalue weighted by Gasteiger charge is -2.30. The minimum Gasteiger partial charge on any atom is -0.445 e. The van der Waals surface area contributed by atoms with Gasteiger partial charge in [-0.05, 0) is 43.1 Å². The molecule has 1 aromatic carbocycles. The quantitative estimate of drug-likeness (QED) is 0.692. The van der Waals surface area contributed by atoms with Gasteiger partial charge < -0.3 is 4.42 Å². The van der Waals surface area contributed by atoms with E-state index in [1.807, 2.05) is 24.4 Å². The summed E-state index contributed by atoms with van der Waals surface area (Å²) in [6.45, 7) is 2.83. The predicted molar refractivity (Wildman–Crippen MR) is 97.2 cm³/mol. The Morgan fingerprint density at radius 1 is 1.12 bits per heavy atom. The molecule has 1 fully saturated rings. The van der Waals surface area contributed by atoms with Crippen molar-refractivity contribution in [2.24, 2.45) is 0 Å². The molecule has 0 aliphatic carbocycles. The Kier molecular flexibility index (Phi) is 5.07. The number of piperidine rings is 1. The van der Waals surface area contributed by atoms with E-state index in [0.29, 0.717) is 17.7 Å². The third kappa shape index (κ3) is 3.99. The van der Waals surface area contributed by atoms with E-state index in [1.165, 1.54) is 6.07 Å². The van der Waals surface area contributed by atoms with Crippen LogP contribution in [0.5, 0.6) is 0 Å². The van der Waals surface area contributed by atoms with Gasteiger partial charge >= 0.3 is 0 Å². The molecular formula is C21H22FN3O. The second-order valence-corrected chi connectivity index (χ2v) is 6.83. The first-order valence-electron chi connectivity index (χ1n) is 9.08. The first kappa shape index (κ1) is 16.9. The maximum Gasteiger partial charge on any atom is 0.198 e. The summed E-state index contributed by atoms with van der Waals surface area (Å²) in [4.78, 5) is 11.3. The molecule has 1 atom stereocenters. The Morgan fingerprint density at radius 2 is 2.00 bits per heavy atom. The molecule has 1 aliphatic rings. The highest BCUT2D eigenvalue weighted by Crippen LogP contribution is 2.28. The van der Waals surface area contributed by atoms with Crippen LogP contribution in [0.1, 0.15) is 41.7 Å². The number of halogens is 1. The number of aromatic nitrogens is 2. The van der Waals surface area contributed by atoms with Crippen LogP contribution in [0.2, 0.25) is 0 Å². The number of nitrogens with zero attached hydrogens (tertiary/aromatic N) is 3. The zero-order chi connectivity index (χ0) is 17.8. The van der Waals surface area contributed by atoms with E-state index in [9.17, 15) is 4.39 Å². The number of pyridine rings is 1. The molecule has 5 heteroatoms. The average Bonchev–Trinajstić information content (AvgIpc) is 3.13. The van der Waals surface area contributed by atoms with Gasteiger partial charge in [-0.1, -0.05) is 24.3 Å². The standard InChI is InChI=1S/C21H22FN3O/c22-20-9-2-1-6-16(20)12-19-13-24-21(26-19)17-7-5-11-25(14-17)15-18-8-3-4-10-23-18/h1-4,6,8-10,13,17H,5,7,11-12,14-15H2. The molecule has 0 bridgehead atoms. The molecule has 1 saturated heterocycles. The van der Waals surface area contributed by atoms with E-state index in [1.54, 1.807) is 18.3 Å². The van der Waals surface area contributed by atoms with Crippen LogP contribution in [0.25, 0.3) is 0 Å². The number of hydrogen-bond donors (Lipinski definition) is 0. The smallest absolute Gasteiger partial charge is 0.198 e. The van der Waals surface area contributed by atoms with E-state index >= 15 is 0 Å². The summed E-state index contributed by atoms with van der Waals surface area (Å²) in [5.74, 6) is 1.56. The van der Waals surface area contributed by atoms with Gasteiger partial charge in [0.15, 0.2) is 5.89 Å². The zero-order valence-electron chi connectivity index (χ0n) is 14.6. The molecule has 0 saturated carbocycles. The van der Waals surface area contributed by atoms with Gasteiger partial charge in [0, 0.05) is 31.6 Å². The van der Waals surface area contributed by atoms with Gasteiger partial charge in [-0.25, -0.2) is 9.37 Å². The minimum atomic E-state index is -0.204. The number of rotatable bonds is 5. The molecule has 4 nitrogen and oxygen atoms in total. The van der Waals surface area contributed by atoms with Gasteiger partial charge in [0.1, 0.15) is 11.6 Å². The maximum absolute atomic E-state index is 13.8. The number of benzene rings is 1. The van der Waals surface area contributed by atoms with Crippen molar-refractivity contribution in [1.29, 1.82) is 0 Å². The fourth-order valence-corrected chi connectivity index (χ4v) is 3.54. The van der Waals surface area contributed by atoms with Gasteiger partial charge in [0.25, 0.3) is 0 Å². The van der Waals surface area contributed by atoms with E-state index < -0.39 is 0 Å². The lowest BCUT2D eigenvalue weighted by Crippen LogP contribution is -2.34. The fraction of sp³-hybridized carbons (Fsp3) is 0.333. The summed E-state index contributed by atoms with van der Waals surface area (Å²) < 4.78 is 19.8. The Balaban J connectivity index is 1.41. The summed E-state index contributed by atoms with van der Waals surface area (Å²) in [5, 5.41) is 0. The first-order chi connectivity index (χ1) is 12.8. The summed E-state index contributed by atoms with van der Waals surface area (Å²) in [6.07, 6.45) is 6.18. The summed E-state index contributed by atoms with van der Waals surface area (Å²) in [5.41, 5.74) is 1.72. The van der Waals surface area contributed by atoms with Crippen LogP contribution < -0.4 is 0 Å². The van der Waals surface area contributed by atoms with Crippen molar-refractivity contribution in [3.8, 4) is 0 Å². The summed E-state index contributed by atoms with van der Waals surface area (Å²) in [6, 6.07) is 12.8. The fourth-order valence-electron chi connectivity index (χ4n) is 3.54. The van der Waals surface area contributed by atoms with E-state index in [4.69, 9.17) is 4.42 Å². The SMILES string of the molecule is Fc1ccccc1Cc1cnc(C2CCCN(Cc3ccccn3)C2)o1. The molecule has 3 heterocycles. The molecule has 0 amide bonds. The minimum absolute atomic E-state index is 0.204. The Labute approximate surface area is 152 Å². The van der Waals surface area contributed by atoms with Crippen LogP contribution in [0.3, 0.4) is 0 Å². The summed E-state index contributed by atoms with van der Waals surface area (Å²) >= 11 is 0. The predicted octanol–water partition coefficient (Wildman–Crippen LogP) is 4.18. The second kappa shape index (κ2) is 7.79. The highest BCUT2D eigenvalue weighted by atomic mass is 19.1. The van der Waals surface area contributed by atoms with Gasteiger partial charge in [0.2, 0.25) is 0 Å². The lowest BCUT2D eigenvalue weighted by atomic mass is 9.98. The van der Waals surface area contributed by atoms with Gasteiger partial charge in [-0.15, -0.1) is 0 Å². The molecular weight excluding hydrogens is 329 g/mol. The van der Waals surface area contributed by atoms with Crippen LogP contribution in [-0.2, 0) is 13.0 Å². The highest BCUT2D eigenvalue weighted by Gasteiger charge is 2.25. The Bertz CT molecular complexity index is 849. The Morgan fingerprint density at radius 3 is 2.85 bits per heavy atom. The molecule has 0 N–H and O–H groups in total. The third-order valence-electron chi connectivity index (χ3n) is 4.86. The summed E-state index contributed by atoms with van der Waals surface area (Å²) in [7, 11) is 0. The molecule has 0 spiro atoms. The van der Waals surface area contributed by atoms with Crippen molar-refractivity contribution in [3.63, 3.8) is 0 Å². The van der Waals surface area contributed by atoms with E-state index in [2.05, 4.69) is 20.9 Å². The number of oxazole rings is 1. The van der Waals surface area contributed by atoms with Crippen molar-refractivity contribution in [2.45, 2.75) is 31.7 Å². The van der Waals surface area contributed by atoms with E-state index in [0.717, 1.165) is 44.1 Å². The molecule has 3 aromatic rings. The van der Waals surface area contributed by atoms with Crippen LogP contribution in [0.4, 0.5) is 4.39 Å². The number of hydrogen-bond acceptors (Lipinski definition) is 4. The van der Waals surface area contributed by atoms with Crippen LogP contribution >= 0.6 is 0 Å². The van der Waals surface area contributed by atoms with Crippen molar-refractivity contribution >= 4 is 0 Å². The van der Waals surface area contributed by atoms with Crippen LogP contribution in [0, 0.1) is 5.82 Å². The molecule has 26 heavy (non-hydrogen) atoms. The molecule has 1 unspecified atom stereocenters. The van der Waals surface area contributed by atoms with Gasteiger partial charge in [-0.2, -0.15) is 0 Å². The topological polar surface area (TPSA) is 42.2 Å². The first-order valence-corrected chi connectivity index (χ1v) is 9.08. The van der Waals surface area contributed by atoms with Crippen molar-refractivity contribution < 1.29 is 8.81 Å². The number of likely N-dealkylation sites (tertiary alicyclic amines) is 1. The monoisotopic (exact) mass is 351 g/mol. The van der Waals surface area contributed by atoms with E-state index in [-0.39, 0.29) is 11.7 Å². The van der Waals surface area contributed by atoms with Crippen molar-refractivity contribution in [3.05, 3.63) is 83.6 Å². The largest absolute Gasteiger partial charge is 0.445 e. The normalized spacial score (nSPS) is 18.1. The molecule has 2 aromatic heterocycles. The average molecular weight is 351 g/mol. The zero-order valence-corrected chi connectivity index (χ0v) is 14.6. The molecule has 4 rings (SSSR count). The van der Waals surface area contributed by atoms with Crippen LogP contribution in [-0.4, -0.2) is 28.0 Å².